The first-order valence-corrected chi connectivity index (χ1v) is 6.43. The molecule has 0 saturated heterocycles. The van der Waals surface area contributed by atoms with E-state index in [-0.39, 0.29) is 41.7 Å². The highest BCUT2D eigenvalue weighted by atomic mass is 19.1. The summed E-state index contributed by atoms with van der Waals surface area (Å²) in [5.74, 6) is -3.42. The Balaban J connectivity index is 2.62. The Hall–Kier alpha value is -2.37. The second kappa shape index (κ2) is 5.20. The molecule has 0 fully saturated rings. The highest BCUT2D eigenvalue weighted by Crippen LogP contribution is 2.43. The summed E-state index contributed by atoms with van der Waals surface area (Å²) in [4.78, 5) is 23.0. The van der Waals surface area contributed by atoms with Crippen LogP contribution < -0.4 is 0 Å². The Morgan fingerprint density at radius 3 is 2.52 bits per heavy atom. The van der Waals surface area contributed by atoms with Crippen molar-refractivity contribution in [2.24, 2.45) is 0 Å². The van der Waals surface area contributed by atoms with Crippen molar-refractivity contribution < 1.29 is 29.3 Å². The number of benzene rings is 1. The Bertz CT molecular complexity index is 649. The molecule has 2 rings (SSSR count). The average molecular weight is 294 g/mol. The molecule has 1 unspecified atom stereocenters. The van der Waals surface area contributed by atoms with Crippen molar-refractivity contribution in [3.05, 3.63) is 46.5 Å². The van der Waals surface area contributed by atoms with E-state index in [2.05, 4.69) is 0 Å². The third-order valence-electron chi connectivity index (χ3n) is 4.07. The van der Waals surface area contributed by atoms with Crippen LogP contribution in [-0.2, 0) is 15.0 Å². The third-order valence-corrected chi connectivity index (χ3v) is 4.07. The first-order valence-electron chi connectivity index (χ1n) is 6.43. The lowest BCUT2D eigenvalue weighted by atomic mass is 9.67. The van der Waals surface area contributed by atoms with Gasteiger partial charge in [-0.1, -0.05) is 12.1 Å². The molecule has 0 amide bonds. The van der Waals surface area contributed by atoms with Gasteiger partial charge in [0.1, 0.15) is 11.6 Å². The van der Waals surface area contributed by atoms with Gasteiger partial charge in [-0.15, -0.1) is 0 Å². The maximum absolute atomic E-state index is 13.7. The Kier molecular flexibility index (Phi) is 3.72. The summed E-state index contributed by atoms with van der Waals surface area (Å²) in [5, 5.41) is 28.4. The van der Waals surface area contributed by atoms with Crippen LogP contribution >= 0.6 is 0 Å². The van der Waals surface area contributed by atoms with Gasteiger partial charge in [-0.25, -0.2) is 9.18 Å². The summed E-state index contributed by atoms with van der Waals surface area (Å²) < 4.78 is 13.7. The van der Waals surface area contributed by atoms with Crippen molar-refractivity contribution in [2.75, 3.05) is 0 Å². The SMILES string of the molecule is Cc1c(F)cccc1C1(C(=O)O)CCC(O)=C(C(=O)O)C1. The molecule has 0 radical (unpaired) electrons. The third kappa shape index (κ3) is 2.37. The molecular weight excluding hydrogens is 279 g/mol. The molecule has 0 aromatic heterocycles. The van der Waals surface area contributed by atoms with Crippen LogP contribution in [0.1, 0.15) is 30.4 Å². The summed E-state index contributed by atoms with van der Waals surface area (Å²) in [5.41, 5.74) is -1.42. The van der Waals surface area contributed by atoms with Crippen LogP contribution in [0, 0.1) is 12.7 Å². The lowest BCUT2D eigenvalue weighted by Crippen LogP contribution is -2.40. The second-order valence-electron chi connectivity index (χ2n) is 5.21. The largest absolute Gasteiger partial charge is 0.512 e. The first-order chi connectivity index (χ1) is 9.79. The van der Waals surface area contributed by atoms with Crippen molar-refractivity contribution in [3.63, 3.8) is 0 Å². The number of aliphatic carboxylic acids is 2. The topological polar surface area (TPSA) is 94.8 Å². The Morgan fingerprint density at radius 1 is 1.29 bits per heavy atom. The van der Waals surface area contributed by atoms with Gasteiger partial charge in [0, 0.05) is 12.8 Å². The standard InChI is InChI=1S/C15H15FO5/c1-8-10(3-2-4-11(8)16)15(14(20)21)6-5-12(17)9(7-15)13(18)19/h2-4,17H,5-7H2,1H3,(H,18,19)(H,20,21). The summed E-state index contributed by atoms with van der Waals surface area (Å²) in [6.07, 6.45) is -0.410. The molecule has 112 valence electrons. The quantitative estimate of drug-likeness (QED) is 0.796. The van der Waals surface area contributed by atoms with Gasteiger partial charge in [0.2, 0.25) is 0 Å². The highest BCUT2D eigenvalue weighted by Gasteiger charge is 2.46. The van der Waals surface area contributed by atoms with Gasteiger partial charge in [0.25, 0.3) is 0 Å². The molecule has 1 aromatic carbocycles. The molecule has 1 aliphatic rings. The fourth-order valence-corrected chi connectivity index (χ4v) is 2.83. The minimum Gasteiger partial charge on any atom is -0.512 e. The van der Waals surface area contributed by atoms with Crippen LogP contribution in [0.15, 0.2) is 29.5 Å². The number of rotatable bonds is 3. The lowest BCUT2D eigenvalue weighted by Gasteiger charge is -2.35. The van der Waals surface area contributed by atoms with Gasteiger partial charge in [0.05, 0.1) is 11.0 Å². The molecule has 0 aliphatic heterocycles. The van der Waals surface area contributed by atoms with Gasteiger partial charge >= 0.3 is 11.9 Å². The number of carboxylic acid groups (broad SMARTS) is 2. The van der Waals surface area contributed by atoms with Gasteiger partial charge in [-0.05, 0) is 30.5 Å². The number of hydrogen-bond acceptors (Lipinski definition) is 3. The van der Waals surface area contributed by atoms with Crippen molar-refractivity contribution in [3.8, 4) is 0 Å². The molecule has 21 heavy (non-hydrogen) atoms. The minimum atomic E-state index is -1.54. The van der Waals surface area contributed by atoms with E-state index < -0.39 is 23.2 Å². The molecular formula is C15H15FO5. The van der Waals surface area contributed by atoms with E-state index in [1.807, 2.05) is 0 Å². The number of halogens is 1. The summed E-state index contributed by atoms with van der Waals surface area (Å²) in [6, 6.07) is 4.12. The van der Waals surface area contributed by atoms with Crippen molar-refractivity contribution in [2.45, 2.75) is 31.6 Å². The van der Waals surface area contributed by atoms with Gasteiger partial charge in [0.15, 0.2) is 0 Å². The number of carboxylic acids is 2. The zero-order chi connectivity index (χ0) is 15.8. The second-order valence-corrected chi connectivity index (χ2v) is 5.21. The average Bonchev–Trinajstić information content (AvgIpc) is 2.42. The smallest absolute Gasteiger partial charge is 0.335 e. The Morgan fingerprint density at radius 2 is 1.95 bits per heavy atom. The monoisotopic (exact) mass is 294 g/mol. The van der Waals surface area contributed by atoms with Crippen molar-refractivity contribution in [1.29, 1.82) is 0 Å². The molecule has 6 heteroatoms. The molecule has 1 atom stereocenters. The molecule has 3 N–H and O–H groups in total. The fraction of sp³-hybridized carbons (Fsp3) is 0.333. The van der Waals surface area contributed by atoms with E-state index in [0.717, 1.165) is 0 Å². The highest BCUT2D eigenvalue weighted by molar-refractivity contribution is 5.91. The van der Waals surface area contributed by atoms with Crippen LogP contribution in [0.2, 0.25) is 0 Å². The molecule has 5 nitrogen and oxygen atoms in total. The van der Waals surface area contributed by atoms with Crippen molar-refractivity contribution in [1.82, 2.24) is 0 Å². The molecule has 0 spiro atoms. The molecule has 1 aromatic rings. The first kappa shape index (κ1) is 15.0. The van der Waals surface area contributed by atoms with E-state index >= 15 is 0 Å². The molecule has 0 saturated carbocycles. The van der Waals surface area contributed by atoms with Crippen LogP contribution in [0.5, 0.6) is 0 Å². The number of carbonyl (C=O) groups is 2. The maximum Gasteiger partial charge on any atom is 0.335 e. The maximum atomic E-state index is 13.7. The summed E-state index contributed by atoms with van der Waals surface area (Å²) in [6.45, 7) is 1.47. The zero-order valence-electron chi connectivity index (χ0n) is 11.4. The summed E-state index contributed by atoms with van der Waals surface area (Å²) in [7, 11) is 0. The number of allylic oxidation sites excluding steroid dienone is 1. The van der Waals surface area contributed by atoms with Crippen LogP contribution in [-0.4, -0.2) is 27.3 Å². The van der Waals surface area contributed by atoms with Gasteiger partial charge in [-0.3, -0.25) is 4.79 Å². The number of aliphatic hydroxyl groups is 1. The van der Waals surface area contributed by atoms with E-state index in [9.17, 15) is 24.2 Å². The van der Waals surface area contributed by atoms with Gasteiger partial charge < -0.3 is 15.3 Å². The van der Waals surface area contributed by atoms with Crippen LogP contribution in [0.4, 0.5) is 4.39 Å². The molecule has 0 bridgehead atoms. The Labute approximate surface area is 120 Å². The normalized spacial score (nSPS) is 22.2. The minimum absolute atomic E-state index is 0.0231. The zero-order valence-corrected chi connectivity index (χ0v) is 11.4. The number of aliphatic hydroxyl groups excluding tert-OH is 1. The van der Waals surface area contributed by atoms with Gasteiger partial charge in [-0.2, -0.15) is 0 Å². The van der Waals surface area contributed by atoms with Crippen molar-refractivity contribution >= 4 is 11.9 Å². The fourth-order valence-electron chi connectivity index (χ4n) is 2.83. The molecule has 0 heterocycles. The predicted octanol–water partition coefficient (Wildman–Crippen LogP) is 2.54. The van der Waals surface area contributed by atoms with Crippen LogP contribution in [0.25, 0.3) is 0 Å². The van der Waals surface area contributed by atoms with E-state index in [0.29, 0.717) is 0 Å². The van der Waals surface area contributed by atoms with E-state index in [1.54, 1.807) is 0 Å². The molecule has 1 aliphatic carbocycles. The predicted molar refractivity (Wildman–Crippen MR) is 71.6 cm³/mol. The van der Waals surface area contributed by atoms with Crippen LogP contribution in [0.3, 0.4) is 0 Å². The number of hydrogen-bond donors (Lipinski definition) is 3. The van der Waals surface area contributed by atoms with E-state index in [1.165, 1.54) is 25.1 Å². The van der Waals surface area contributed by atoms with E-state index in [4.69, 9.17) is 5.11 Å². The lowest BCUT2D eigenvalue weighted by molar-refractivity contribution is -0.144. The summed E-state index contributed by atoms with van der Waals surface area (Å²) >= 11 is 0.